The molecule has 0 bridgehead atoms. The number of ether oxygens (including phenoxy) is 1. The predicted molar refractivity (Wildman–Crippen MR) is 55.8 cm³/mol. The first-order chi connectivity index (χ1) is 6.22. The summed E-state index contributed by atoms with van der Waals surface area (Å²) in [5.41, 5.74) is 0. The highest BCUT2D eigenvalue weighted by molar-refractivity contribution is 4.97. The molecular weight excluding hydrogens is 162 g/mol. The second-order valence-electron chi connectivity index (χ2n) is 3.79. The van der Waals surface area contributed by atoms with Crippen LogP contribution in [0.1, 0.15) is 33.6 Å². The van der Waals surface area contributed by atoms with E-state index in [0.717, 1.165) is 6.54 Å². The monoisotopic (exact) mass is 183 g/mol. The molecule has 1 aliphatic rings. The highest BCUT2D eigenvalue weighted by atomic mass is 16.5. The fraction of sp³-hybridized carbons (Fsp3) is 0.818. The summed E-state index contributed by atoms with van der Waals surface area (Å²) in [6, 6.07) is 0.463. The number of nitrogens with one attached hydrogen (secondary N) is 1. The fourth-order valence-corrected chi connectivity index (χ4v) is 1.66. The largest absolute Gasteiger partial charge is 0.371 e. The lowest BCUT2D eigenvalue weighted by Crippen LogP contribution is -2.23. The van der Waals surface area contributed by atoms with Gasteiger partial charge in [0.25, 0.3) is 0 Å². The Balaban J connectivity index is 2.23. The summed E-state index contributed by atoms with van der Waals surface area (Å²) in [7, 11) is 0. The minimum absolute atomic E-state index is 0.358. The lowest BCUT2D eigenvalue weighted by Gasteiger charge is -2.09. The second kappa shape index (κ2) is 5.40. The van der Waals surface area contributed by atoms with E-state index in [0.29, 0.717) is 18.2 Å². The molecular formula is C11H21NO. The number of hydrogen-bond donors (Lipinski definition) is 1. The summed E-state index contributed by atoms with van der Waals surface area (Å²) < 4.78 is 5.68. The van der Waals surface area contributed by atoms with Crippen molar-refractivity contribution in [1.29, 1.82) is 0 Å². The van der Waals surface area contributed by atoms with E-state index in [1.807, 2.05) is 0 Å². The third kappa shape index (κ3) is 3.92. The average molecular weight is 183 g/mol. The Kier molecular flexibility index (Phi) is 4.46. The molecule has 1 aliphatic heterocycles. The number of rotatable bonds is 4. The van der Waals surface area contributed by atoms with E-state index in [-0.39, 0.29) is 0 Å². The van der Waals surface area contributed by atoms with Crippen LogP contribution in [0.5, 0.6) is 0 Å². The highest BCUT2D eigenvalue weighted by Crippen LogP contribution is 2.19. The van der Waals surface area contributed by atoms with Crippen LogP contribution in [0, 0.1) is 0 Å². The molecule has 13 heavy (non-hydrogen) atoms. The van der Waals surface area contributed by atoms with Gasteiger partial charge in [-0.3, -0.25) is 0 Å². The van der Waals surface area contributed by atoms with Crippen LogP contribution in [0.25, 0.3) is 0 Å². The van der Waals surface area contributed by atoms with E-state index < -0.39 is 0 Å². The molecule has 2 nitrogen and oxygen atoms in total. The molecule has 0 saturated carbocycles. The van der Waals surface area contributed by atoms with Gasteiger partial charge in [-0.2, -0.15) is 0 Å². The second-order valence-corrected chi connectivity index (χ2v) is 3.79. The van der Waals surface area contributed by atoms with Crippen LogP contribution >= 0.6 is 0 Å². The first kappa shape index (κ1) is 10.7. The maximum atomic E-state index is 5.68. The van der Waals surface area contributed by atoms with Gasteiger partial charge in [0.2, 0.25) is 0 Å². The standard InChI is InChI=1S/C11H21NO/c1-4-12-9(2)5-7-11-8-6-10(3)13-11/h5,7,9-12H,4,6,8H2,1-3H3/b7-5+. The molecule has 0 aliphatic carbocycles. The van der Waals surface area contributed by atoms with Crippen molar-refractivity contribution in [2.75, 3.05) is 6.54 Å². The summed E-state index contributed by atoms with van der Waals surface area (Å²) in [5.74, 6) is 0. The van der Waals surface area contributed by atoms with Crippen LogP contribution in [-0.2, 0) is 4.74 Å². The molecule has 3 unspecified atom stereocenters. The minimum Gasteiger partial charge on any atom is -0.371 e. The molecule has 3 atom stereocenters. The molecule has 1 fully saturated rings. The molecule has 76 valence electrons. The summed E-state index contributed by atoms with van der Waals surface area (Å²) in [4.78, 5) is 0. The molecule has 1 N–H and O–H groups in total. The molecule has 1 saturated heterocycles. The van der Waals surface area contributed by atoms with Crippen molar-refractivity contribution in [3.05, 3.63) is 12.2 Å². The van der Waals surface area contributed by atoms with Crippen molar-refractivity contribution in [2.24, 2.45) is 0 Å². The van der Waals surface area contributed by atoms with Gasteiger partial charge >= 0.3 is 0 Å². The lowest BCUT2D eigenvalue weighted by molar-refractivity contribution is 0.0831. The van der Waals surface area contributed by atoms with Gasteiger partial charge in [0.15, 0.2) is 0 Å². The van der Waals surface area contributed by atoms with E-state index >= 15 is 0 Å². The Morgan fingerprint density at radius 3 is 2.85 bits per heavy atom. The third-order valence-electron chi connectivity index (χ3n) is 2.41. The van der Waals surface area contributed by atoms with Crippen LogP contribution in [-0.4, -0.2) is 24.8 Å². The van der Waals surface area contributed by atoms with Gasteiger partial charge in [0.1, 0.15) is 0 Å². The summed E-state index contributed by atoms with van der Waals surface area (Å²) >= 11 is 0. The van der Waals surface area contributed by atoms with E-state index in [9.17, 15) is 0 Å². The Morgan fingerprint density at radius 1 is 1.54 bits per heavy atom. The first-order valence-electron chi connectivity index (χ1n) is 5.29. The van der Waals surface area contributed by atoms with Gasteiger partial charge in [-0.25, -0.2) is 0 Å². The molecule has 0 spiro atoms. The zero-order valence-electron chi connectivity index (χ0n) is 8.92. The third-order valence-corrected chi connectivity index (χ3v) is 2.41. The molecule has 1 rings (SSSR count). The number of hydrogen-bond acceptors (Lipinski definition) is 2. The Labute approximate surface area is 81.4 Å². The van der Waals surface area contributed by atoms with E-state index in [1.54, 1.807) is 0 Å². The van der Waals surface area contributed by atoms with Crippen LogP contribution in [0.2, 0.25) is 0 Å². The molecule has 0 aromatic carbocycles. The Bertz CT molecular complexity index is 167. The highest BCUT2D eigenvalue weighted by Gasteiger charge is 2.18. The normalized spacial score (nSPS) is 31.3. The van der Waals surface area contributed by atoms with E-state index in [1.165, 1.54) is 12.8 Å². The van der Waals surface area contributed by atoms with Gasteiger partial charge in [-0.05, 0) is 33.2 Å². The zero-order valence-corrected chi connectivity index (χ0v) is 8.92. The molecule has 0 amide bonds. The lowest BCUT2D eigenvalue weighted by atomic mass is 10.2. The summed E-state index contributed by atoms with van der Waals surface area (Å²) in [6.45, 7) is 7.45. The maximum Gasteiger partial charge on any atom is 0.0760 e. The minimum atomic E-state index is 0.358. The maximum absolute atomic E-state index is 5.68. The average Bonchev–Trinajstić information content (AvgIpc) is 2.49. The van der Waals surface area contributed by atoms with Gasteiger partial charge < -0.3 is 10.1 Å². The van der Waals surface area contributed by atoms with Gasteiger partial charge in [-0.15, -0.1) is 0 Å². The van der Waals surface area contributed by atoms with Gasteiger partial charge in [0.05, 0.1) is 12.2 Å². The Morgan fingerprint density at radius 2 is 2.31 bits per heavy atom. The topological polar surface area (TPSA) is 21.3 Å². The van der Waals surface area contributed by atoms with E-state index in [4.69, 9.17) is 4.74 Å². The molecule has 0 radical (unpaired) electrons. The first-order valence-corrected chi connectivity index (χ1v) is 5.29. The quantitative estimate of drug-likeness (QED) is 0.674. The Hall–Kier alpha value is -0.340. The van der Waals surface area contributed by atoms with Crippen molar-refractivity contribution >= 4 is 0 Å². The van der Waals surface area contributed by atoms with Crippen LogP contribution in [0.4, 0.5) is 0 Å². The van der Waals surface area contributed by atoms with Crippen molar-refractivity contribution < 1.29 is 4.74 Å². The zero-order chi connectivity index (χ0) is 9.68. The fourth-order valence-electron chi connectivity index (χ4n) is 1.66. The van der Waals surface area contributed by atoms with Gasteiger partial charge in [-0.1, -0.05) is 19.1 Å². The molecule has 2 heteroatoms. The smallest absolute Gasteiger partial charge is 0.0760 e. The van der Waals surface area contributed by atoms with Crippen LogP contribution in [0.15, 0.2) is 12.2 Å². The predicted octanol–water partition coefficient (Wildman–Crippen LogP) is 2.11. The summed E-state index contributed by atoms with van der Waals surface area (Å²) in [6.07, 6.45) is 7.57. The molecule has 0 aromatic rings. The van der Waals surface area contributed by atoms with Gasteiger partial charge in [0, 0.05) is 6.04 Å². The van der Waals surface area contributed by atoms with Crippen molar-refractivity contribution in [3.63, 3.8) is 0 Å². The van der Waals surface area contributed by atoms with Crippen molar-refractivity contribution in [2.45, 2.75) is 51.9 Å². The van der Waals surface area contributed by atoms with Crippen molar-refractivity contribution in [3.8, 4) is 0 Å². The summed E-state index contributed by atoms with van der Waals surface area (Å²) in [5, 5.41) is 3.34. The van der Waals surface area contributed by atoms with E-state index in [2.05, 4.69) is 38.2 Å². The van der Waals surface area contributed by atoms with Crippen LogP contribution < -0.4 is 5.32 Å². The van der Waals surface area contributed by atoms with Crippen LogP contribution in [0.3, 0.4) is 0 Å². The SMILES string of the molecule is CCNC(C)/C=C/C1CCC(C)O1. The molecule has 0 aromatic heterocycles. The molecule has 1 heterocycles. The van der Waals surface area contributed by atoms with Crippen molar-refractivity contribution in [1.82, 2.24) is 5.32 Å². The number of likely N-dealkylation sites (N-methyl/N-ethyl adjacent to an activating group) is 1.